The Kier molecular flexibility index (Phi) is 3.59. The molecule has 6 nitrogen and oxygen atoms in total. The van der Waals surface area contributed by atoms with Gasteiger partial charge in [-0.15, -0.1) is 0 Å². The molecular formula is C17H15BrN2O4S. The van der Waals surface area contributed by atoms with Gasteiger partial charge in [-0.2, -0.15) is 0 Å². The largest absolute Gasteiger partial charge is 0.419 e. The number of benzene rings is 2. The van der Waals surface area contributed by atoms with Crippen LogP contribution in [0, 0.1) is 0 Å². The van der Waals surface area contributed by atoms with E-state index in [9.17, 15) is 13.2 Å². The van der Waals surface area contributed by atoms with Gasteiger partial charge in [0.15, 0.2) is 5.58 Å². The van der Waals surface area contributed by atoms with Crippen LogP contribution in [0.15, 0.2) is 55.0 Å². The minimum Gasteiger partial charge on any atom is -0.408 e. The summed E-state index contributed by atoms with van der Waals surface area (Å²) in [6.45, 7) is 1.88. The van der Waals surface area contributed by atoms with Crippen LogP contribution in [-0.2, 0) is 23.5 Å². The van der Waals surface area contributed by atoms with Gasteiger partial charge < -0.3 is 4.42 Å². The van der Waals surface area contributed by atoms with Gasteiger partial charge in [0.1, 0.15) is 0 Å². The first-order chi connectivity index (χ1) is 11.8. The maximum atomic E-state index is 13.2. The molecule has 0 fully saturated rings. The third-order valence-corrected chi connectivity index (χ3v) is 6.93. The SMILES string of the molecule is C[C@@H]1Cc2cc(Br)ccc2N1S(=O)(=O)c1ccc2c(c1)oc(=O)n2C. The molecule has 25 heavy (non-hydrogen) atoms. The first-order valence-electron chi connectivity index (χ1n) is 7.71. The highest BCUT2D eigenvalue weighted by Gasteiger charge is 2.36. The van der Waals surface area contributed by atoms with E-state index >= 15 is 0 Å². The number of anilines is 1. The van der Waals surface area contributed by atoms with Crippen molar-refractivity contribution in [1.29, 1.82) is 0 Å². The molecular weight excluding hydrogens is 408 g/mol. The molecule has 2 heterocycles. The van der Waals surface area contributed by atoms with Crippen molar-refractivity contribution in [3.63, 3.8) is 0 Å². The lowest BCUT2D eigenvalue weighted by Gasteiger charge is -2.24. The molecule has 0 amide bonds. The molecule has 0 aliphatic carbocycles. The normalized spacial score (nSPS) is 17.2. The average molecular weight is 423 g/mol. The number of aryl methyl sites for hydroxylation is 1. The Labute approximate surface area is 152 Å². The molecule has 4 rings (SSSR count). The second-order valence-electron chi connectivity index (χ2n) is 6.18. The van der Waals surface area contributed by atoms with Gasteiger partial charge in [-0.1, -0.05) is 15.9 Å². The quantitative estimate of drug-likeness (QED) is 0.635. The molecule has 130 valence electrons. The Hall–Kier alpha value is -2.06. The van der Waals surface area contributed by atoms with Gasteiger partial charge in [-0.25, -0.2) is 13.2 Å². The van der Waals surface area contributed by atoms with Crippen LogP contribution in [0.5, 0.6) is 0 Å². The van der Waals surface area contributed by atoms with E-state index in [1.807, 2.05) is 25.1 Å². The number of rotatable bonds is 2. The van der Waals surface area contributed by atoms with Crippen molar-refractivity contribution in [3.8, 4) is 0 Å². The Bertz CT molecular complexity index is 1160. The summed E-state index contributed by atoms with van der Waals surface area (Å²) < 4.78 is 35.3. The van der Waals surface area contributed by atoms with Crippen LogP contribution in [0.2, 0.25) is 0 Å². The monoisotopic (exact) mass is 422 g/mol. The van der Waals surface area contributed by atoms with Gasteiger partial charge >= 0.3 is 5.76 Å². The molecule has 0 radical (unpaired) electrons. The molecule has 0 saturated carbocycles. The van der Waals surface area contributed by atoms with Crippen molar-refractivity contribution in [2.45, 2.75) is 24.3 Å². The minimum atomic E-state index is -3.76. The molecule has 0 spiro atoms. The fourth-order valence-corrected chi connectivity index (χ4v) is 5.44. The van der Waals surface area contributed by atoms with E-state index in [1.54, 1.807) is 13.1 Å². The van der Waals surface area contributed by atoms with Crippen molar-refractivity contribution >= 4 is 42.7 Å². The summed E-state index contributed by atoms with van der Waals surface area (Å²) in [6.07, 6.45) is 0.649. The van der Waals surface area contributed by atoms with Crippen LogP contribution in [0.25, 0.3) is 11.1 Å². The summed E-state index contributed by atoms with van der Waals surface area (Å²) >= 11 is 3.42. The zero-order valence-corrected chi connectivity index (χ0v) is 16.0. The third-order valence-electron chi connectivity index (χ3n) is 4.52. The molecule has 1 aromatic heterocycles. The maximum Gasteiger partial charge on any atom is 0.419 e. The second kappa shape index (κ2) is 5.47. The zero-order chi connectivity index (χ0) is 17.9. The number of fused-ring (bicyclic) bond motifs is 2. The highest BCUT2D eigenvalue weighted by atomic mass is 79.9. The number of nitrogens with zero attached hydrogens (tertiary/aromatic N) is 2. The van der Waals surface area contributed by atoms with Crippen LogP contribution in [0.3, 0.4) is 0 Å². The molecule has 8 heteroatoms. The number of oxazole rings is 1. The van der Waals surface area contributed by atoms with Crippen molar-refractivity contribution < 1.29 is 12.8 Å². The first kappa shape index (κ1) is 16.4. The van der Waals surface area contributed by atoms with Crippen LogP contribution in [0.1, 0.15) is 12.5 Å². The predicted molar refractivity (Wildman–Crippen MR) is 98.4 cm³/mol. The summed E-state index contributed by atoms with van der Waals surface area (Å²) in [6, 6.07) is 9.91. The highest BCUT2D eigenvalue weighted by Crippen LogP contribution is 2.38. The van der Waals surface area contributed by atoms with Crippen molar-refractivity contribution in [3.05, 3.63) is 57.0 Å². The second-order valence-corrected chi connectivity index (χ2v) is 8.91. The van der Waals surface area contributed by atoms with Gasteiger partial charge in [0, 0.05) is 23.6 Å². The van der Waals surface area contributed by atoms with E-state index in [0.29, 0.717) is 17.6 Å². The van der Waals surface area contributed by atoms with E-state index in [0.717, 1.165) is 10.0 Å². The van der Waals surface area contributed by atoms with Gasteiger partial charge in [0.25, 0.3) is 10.0 Å². The number of hydrogen-bond acceptors (Lipinski definition) is 4. The lowest BCUT2D eigenvalue weighted by molar-refractivity contribution is 0.527. The predicted octanol–water partition coefficient (Wildman–Crippen LogP) is 3.03. The summed E-state index contributed by atoms with van der Waals surface area (Å²) in [5.74, 6) is -0.519. The first-order valence-corrected chi connectivity index (χ1v) is 9.95. The number of aromatic nitrogens is 1. The summed E-state index contributed by atoms with van der Waals surface area (Å²) in [5, 5.41) is 0. The fourth-order valence-electron chi connectivity index (χ4n) is 3.33. The molecule has 1 atom stereocenters. The molecule has 3 aromatic rings. The molecule has 0 N–H and O–H groups in total. The summed E-state index contributed by atoms with van der Waals surface area (Å²) in [7, 11) is -2.18. The topological polar surface area (TPSA) is 72.5 Å². The van der Waals surface area contributed by atoms with E-state index in [2.05, 4.69) is 15.9 Å². The van der Waals surface area contributed by atoms with E-state index < -0.39 is 15.8 Å². The van der Waals surface area contributed by atoms with Crippen molar-refractivity contribution in [2.75, 3.05) is 4.31 Å². The van der Waals surface area contributed by atoms with Crippen LogP contribution in [0.4, 0.5) is 5.69 Å². The van der Waals surface area contributed by atoms with Crippen molar-refractivity contribution in [2.24, 2.45) is 7.05 Å². The van der Waals surface area contributed by atoms with Gasteiger partial charge in [0.05, 0.1) is 16.1 Å². The molecule has 0 saturated heterocycles. The Morgan fingerprint density at radius 3 is 2.72 bits per heavy atom. The Morgan fingerprint density at radius 2 is 1.96 bits per heavy atom. The molecule has 2 aromatic carbocycles. The molecule has 0 bridgehead atoms. The Morgan fingerprint density at radius 1 is 1.20 bits per heavy atom. The number of halogens is 1. The van der Waals surface area contributed by atoms with Crippen LogP contribution >= 0.6 is 15.9 Å². The Balaban J connectivity index is 1.87. The lowest BCUT2D eigenvalue weighted by Crippen LogP contribution is -2.35. The van der Waals surface area contributed by atoms with Gasteiger partial charge in [-0.05, 0) is 49.2 Å². The van der Waals surface area contributed by atoms with Crippen molar-refractivity contribution in [1.82, 2.24) is 4.57 Å². The zero-order valence-electron chi connectivity index (χ0n) is 13.6. The molecule has 1 aliphatic heterocycles. The van der Waals surface area contributed by atoms with Gasteiger partial charge in [-0.3, -0.25) is 8.87 Å². The number of hydrogen-bond donors (Lipinski definition) is 0. The van der Waals surface area contributed by atoms with Gasteiger partial charge in [0.2, 0.25) is 0 Å². The fraction of sp³-hybridized carbons (Fsp3) is 0.235. The highest BCUT2D eigenvalue weighted by molar-refractivity contribution is 9.10. The average Bonchev–Trinajstić information content (AvgIpc) is 3.03. The third kappa shape index (κ3) is 2.43. The lowest BCUT2D eigenvalue weighted by atomic mass is 10.1. The van der Waals surface area contributed by atoms with E-state index in [-0.39, 0.29) is 16.5 Å². The maximum absolute atomic E-state index is 13.2. The van der Waals surface area contributed by atoms with Crippen LogP contribution in [-0.4, -0.2) is 19.0 Å². The van der Waals surface area contributed by atoms with E-state index in [1.165, 1.54) is 21.0 Å². The van der Waals surface area contributed by atoms with E-state index in [4.69, 9.17) is 4.42 Å². The summed E-state index contributed by atoms with van der Waals surface area (Å²) in [4.78, 5) is 11.7. The molecule has 1 aliphatic rings. The molecule has 0 unspecified atom stereocenters. The number of sulfonamides is 1. The van der Waals surface area contributed by atoms with Crippen LogP contribution < -0.4 is 10.1 Å². The smallest absolute Gasteiger partial charge is 0.408 e. The standard InChI is InChI=1S/C17H15BrN2O4S/c1-10-7-11-8-12(18)3-5-14(11)20(10)25(22,23)13-4-6-15-16(9-13)24-17(21)19(15)2/h3-6,8-10H,7H2,1-2H3/t10-/m1/s1. The summed E-state index contributed by atoms with van der Waals surface area (Å²) in [5.41, 5.74) is 2.49. The minimum absolute atomic E-state index is 0.108.